The molecule has 0 bridgehead atoms. The topological polar surface area (TPSA) is 55.2 Å². The van der Waals surface area contributed by atoms with Gasteiger partial charge in [-0.15, -0.1) is 17.8 Å². The Kier molecular flexibility index (Phi) is 6.03. The van der Waals surface area contributed by atoms with Gasteiger partial charge in [-0.1, -0.05) is 44.0 Å². The molecule has 1 unspecified atom stereocenters. The van der Waals surface area contributed by atoms with Crippen LogP contribution in [0.25, 0.3) is 22.2 Å². The van der Waals surface area contributed by atoms with Crippen LogP contribution in [0.5, 0.6) is 5.75 Å². The Bertz CT molecular complexity index is 1250. The van der Waals surface area contributed by atoms with Crippen LogP contribution < -0.4 is 4.74 Å². The fourth-order valence-corrected chi connectivity index (χ4v) is 4.40. The number of rotatable bonds is 6. The van der Waals surface area contributed by atoms with E-state index in [0.717, 1.165) is 32.6 Å². The predicted octanol–water partition coefficient (Wildman–Crippen LogP) is 5.88. The van der Waals surface area contributed by atoms with E-state index in [2.05, 4.69) is 49.0 Å². The number of thiophene rings is 1. The summed E-state index contributed by atoms with van der Waals surface area (Å²) in [7, 11) is 0. The summed E-state index contributed by atoms with van der Waals surface area (Å²) in [6, 6.07) is 16.0. The van der Waals surface area contributed by atoms with E-state index in [4.69, 9.17) is 16.1 Å². The summed E-state index contributed by atoms with van der Waals surface area (Å²) >= 11 is 1.51. The van der Waals surface area contributed by atoms with E-state index in [9.17, 15) is 5.11 Å². The number of aliphatic hydroxyl groups excluding tert-OH is 1. The van der Waals surface area contributed by atoms with Crippen molar-refractivity contribution in [2.24, 2.45) is 0 Å². The molecular weight excluding hydrogens is 404 g/mol. The average molecular weight is 429 g/mol. The molecule has 31 heavy (non-hydrogen) atoms. The molecule has 0 saturated heterocycles. The Morgan fingerprint density at radius 1 is 1.10 bits per heavy atom. The largest absolute Gasteiger partial charge is 0.481 e. The monoisotopic (exact) mass is 428 g/mol. The van der Waals surface area contributed by atoms with Crippen LogP contribution >= 0.6 is 11.3 Å². The van der Waals surface area contributed by atoms with Crippen LogP contribution in [-0.2, 0) is 0 Å². The maximum atomic E-state index is 11.0. The standard InChI is InChI=1S/C26H24N2O2S/c1-5-13-30-20-10-11-22-21(15-20)23(19-8-6-18(7-9-19)16(2)3)28-26(27-22)24(29)25-17(4)12-14-31-25/h1,6-12,14-16,24,29H,13H2,2-4H3. The number of hydrogen-bond acceptors (Lipinski definition) is 5. The second-order valence-corrected chi connectivity index (χ2v) is 8.70. The summed E-state index contributed by atoms with van der Waals surface area (Å²) in [6.07, 6.45) is 4.45. The van der Waals surface area contributed by atoms with Crippen LogP contribution in [0.15, 0.2) is 53.9 Å². The second kappa shape index (κ2) is 8.89. The van der Waals surface area contributed by atoms with Crippen molar-refractivity contribution in [3.05, 3.63) is 75.7 Å². The van der Waals surface area contributed by atoms with Crippen molar-refractivity contribution in [3.63, 3.8) is 0 Å². The highest BCUT2D eigenvalue weighted by Crippen LogP contribution is 2.34. The van der Waals surface area contributed by atoms with Crippen molar-refractivity contribution in [3.8, 4) is 29.4 Å². The van der Waals surface area contributed by atoms with Crippen molar-refractivity contribution >= 4 is 22.2 Å². The first kappa shape index (κ1) is 21.0. The SMILES string of the molecule is C#CCOc1ccc2nc(C(O)c3sccc3C)nc(-c3ccc(C(C)C)cc3)c2c1. The Balaban J connectivity index is 1.88. The zero-order chi connectivity index (χ0) is 22.0. The number of benzene rings is 2. The summed E-state index contributed by atoms with van der Waals surface area (Å²) in [5, 5.41) is 13.8. The number of aliphatic hydroxyl groups is 1. The molecule has 0 fully saturated rings. The first-order valence-corrected chi connectivity index (χ1v) is 11.1. The summed E-state index contributed by atoms with van der Waals surface area (Å²) in [5.41, 5.74) is 4.75. The lowest BCUT2D eigenvalue weighted by atomic mass is 9.99. The van der Waals surface area contributed by atoms with Gasteiger partial charge in [-0.05, 0) is 53.6 Å². The van der Waals surface area contributed by atoms with Crippen molar-refractivity contribution in [2.75, 3.05) is 6.61 Å². The van der Waals surface area contributed by atoms with Crippen LogP contribution in [0.4, 0.5) is 0 Å². The van der Waals surface area contributed by atoms with E-state index in [1.807, 2.05) is 36.6 Å². The highest BCUT2D eigenvalue weighted by atomic mass is 32.1. The molecule has 0 saturated carbocycles. The van der Waals surface area contributed by atoms with Crippen molar-refractivity contribution in [1.82, 2.24) is 9.97 Å². The molecule has 5 heteroatoms. The molecule has 0 spiro atoms. The molecular formula is C26H24N2O2S. The highest BCUT2D eigenvalue weighted by molar-refractivity contribution is 7.10. The van der Waals surface area contributed by atoms with Crippen molar-refractivity contribution in [2.45, 2.75) is 32.8 Å². The molecule has 0 amide bonds. The minimum Gasteiger partial charge on any atom is -0.481 e. The van der Waals surface area contributed by atoms with Gasteiger partial charge in [0.15, 0.2) is 5.82 Å². The molecule has 4 rings (SSSR count). The predicted molar refractivity (Wildman–Crippen MR) is 127 cm³/mol. The van der Waals surface area contributed by atoms with Gasteiger partial charge in [0.25, 0.3) is 0 Å². The van der Waals surface area contributed by atoms with Gasteiger partial charge in [-0.2, -0.15) is 0 Å². The minimum absolute atomic E-state index is 0.194. The molecule has 2 aromatic carbocycles. The van der Waals surface area contributed by atoms with Crippen LogP contribution in [0.3, 0.4) is 0 Å². The van der Waals surface area contributed by atoms with Crippen molar-refractivity contribution < 1.29 is 9.84 Å². The molecule has 0 aliphatic heterocycles. The van der Waals surface area contributed by atoms with Crippen LogP contribution in [0.2, 0.25) is 0 Å². The van der Waals surface area contributed by atoms with Gasteiger partial charge in [0.2, 0.25) is 0 Å². The second-order valence-electron chi connectivity index (χ2n) is 7.75. The minimum atomic E-state index is -0.879. The van der Waals surface area contributed by atoms with Gasteiger partial charge in [0.05, 0.1) is 11.2 Å². The van der Waals surface area contributed by atoms with Crippen LogP contribution in [0.1, 0.15) is 47.7 Å². The maximum absolute atomic E-state index is 11.0. The number of fused-ring (bicyclic) bond motifs is 1. The van der Waals surface area contributed by atoms with E-state index in [1.165, 1.54) is 16.9 Å². The number of ether oxygens (including phenoxy) is 1. The number of nitrogens with zero attached hydrogens (tertiary/aromatic N) is 2. The summed E-state index contributed by atoms with van der Waals surface area (Å²) in [6.45, 7) is 6.51. The van der Waals surface area contributed by atoms with Gasteiger partial charge >= 0.3 is 0 Å². The molecule has 0 aliphatic carbocycles. The lowest BCUT2D eigenvalue weighted by Gasteiger charge is -2.14. The zero-order valence-corrected chi connectivity index (χ0v) is 18.6. The zero-order valence-electron chi connectivity index (χ0n) is 17.8. The van der Waals surface area contributed by atoms with Gasteiger partial charge < -0.3 is 9.84 Å². The number of hydrogen-bond donors (Lipinski definition) is 1. The molecule has 4 aromatic rings. The summed E-state index contributed by atoms with van der Waals surface area (Å²) in [5.74, 6) is 3.98. The third kappa shape index (κ3) is 4.32. The van der Waals surface area contributed by atoms with Gasteiger partial charge in [0, 0.05) is 15.8 Å². The Hall–Kier alpha value is -3.20. The number of aryl methyl sites for hydroxylation is 1. The van der Waals surface area contributed by atoms with Crippen LogP contribution in [0, 0.1) is 19.3 Å². The molecule has 2 heterocycles. The van der Waals surface area contributed by atoms with Gasteiger partial charge in [0.1, 0.15) is 18.5 Å². The van der Waals surface area contributed by atoms with E-state index < -0.39 is 6.10 Å². The van der Waals surface area contributed by atoms with Gasteiger partial charge in [-0.3, -0.25) is 0 Å². The summed E-state index contributed by atoms with van der Waals surface area (Å²) < 4.78 is 5.62. The average Bonchev–Trinajstić information content (AvgIpc) is 3.22. The molecule has 1 atom stereocenters. The quantitative estimate of drug-likeness (QED) is 0.390. The smallest absolute Gasteiger partial charge is 0.163 e. The maximum Gasteiger partial charge on any atom is 0.163 e. The lowest BCUT2D eigenvalue weighted by molar-refractivity contribution is 0.213. The number of aromatic nitrogens is 2. The fourth-order valence-electron chi connectivity index (χ4n) is 3.49. The Morgan fingerprint density at radius 3 is 2.52 bits per heavy atom. The fraction of sp³-hybridized carbons (Fsp3) is 0.231. The molecule has 156 valence electrons. The first-order chi connectivity index (χ1) is 15.0. The van der Waals surface area contributed by atoms with E-state index >= 15 is 0 Å². The molecule has 2 aromatic heterocycles. The third-order valence-electron chi connectivity index (χ3n) is 5.25. The Morgan fingerprint density at radius 2 is 1.87 bits per heavy atom. The van der Waals surface area contributed by atoms with E-state index in [0.29, 0.717) is 17.5 Å². The van der Waals surface area contributed by atoms with Crippen molar-refractivity contribution in [1.29, 1.82) is 0 Å². The van der Waals surface area contributed by atoms with Crippen LogP contribution in [-0.4, -0.2) is 21.7 Å². The normalized spacial score (nSPS) is 12.1. The highest BCUT2D eigenvalue weighted by Gasteiger charge is 2.20. The summed E-state index contributed by atoms with van der Waals surface area (Å²) in [4.78, 5) is 10.3. The van der Waals surface area contributed by atoms with E-state index in [1.54, 1.807) is 0 Å². The molecule has 1 N–H and O–H groups in total. The molecule has 0 radical (unpaired) electrons. The van der Waals surface area contributed by atoms with E-state index in [-0.39, 0.29) is 6.61 Å². The lowest BCUT2D eigenvalue weighted by Crippen LogP contribution is -2.07. The number of terminal acetylenes is 1. The Labute approximate surface area is 186 Å². The molecule has 4 nitrogen and oxygen atoms in total. The third-order valence-corrected chi connectivity index (χ3v) is 6.32. The first-order valence-electron chi connectivity index (χ1n) is 10.2. The van der Waals surface area contributed by atoms with Gasteiger partial charge in [-0.25, -0.2) is 9.97 Å². The molecule has 0 aliphatic rings.